The number of carbonyl (C=O) groups is 1. The quantitative estimate of drug-likeness (QED) is 0.794. The number of carbonyl (C=O) groups excluding carboxylic acids is 1. The van der Waals surface area contributed by atoms with Gasteiger partial charge in [0.1, 0.15) is 5.52 Å². The van der Waals surface area contributed by atoms with Crippen LogP contribution in [-0.2, 0) is 4.79 Å². The summed E-state index contributed by atoms with van der Waals surface area (Å²) in [4.78, 5) is 24.1. The molecule has 1 atom stereocenters. The molecule has 2 aromatic heterocycles. The maximum atomic E-state index is 11.9. The van der Waals surface area contributed by atoms with Gasteiger partial charge in [-0.15, -0.1) is 0 Å². The highest BCUT2D eigenvalue weighted by Crippen LogP contribution is 2.29. The van der Waals surface area contributed by atoms with E-state index in [-0.39, 0.29) is 22.9 Å². The molecule has 6 nitrogen and oxygen atoms in total. The molecule has 2 heterocycles. The SMILES string of the molecule is Nc1nc(Cl)c2ncn(C3CCCCC3=O)c2n1. The van der Waals surface area contributed by atoms with Crippen LogP contribution in [0.4, 0.5) is 5.95 Å². The number of halogens is 1. The molecule has 1 saturated carbocycles. The molecule has 0 aromatic carbocycles. The van der Waals surface area contributed by atoms with Gasteiger partial charge in [-0.2, -0.15) is 9.97 Å². The average Bonchev–Trinajstić information content (AvgIpc) is 2.73. The number of Topliss-reactive ketones (excluding diaryl/α,β-unsaturated/α-hetero) is 1. The Hall–Kier alpha value is -1.69. The highest BCUT2D eigenvalue weighted by atomic mass is 35.5. The number of nitrogens with two attached hydrogens (primary N) is 1. The maximum absolute atomic E-state index is 11.9. The zero-order valence-electron chi connectivity index (χ0n) is 9.64. The van der Waals surface area contributed by atoms with Crippen molar-refractivity contribution in [1.29, 1.82) is 0 Å². The average molecular weight is 266 g/mol. The lowest BCUT2D eigenvalue weighted by molar-refractivity contribution is -0.123. The van der Waals surface area contributed by atoms with Gasteiger partial charge in [-0.1, -0.05) is 18.0 Å². The molecule has 3 rings (SSSR count). The third-order valence-electron chi connectivity index (χ3n) is 3.25. The summed E-state index contributed by atoms with van der Waals surface area (Å²) in [7, 11) is 0. The van der Waals surface area contributed by atoms with Gasteiger partial charge in [0.15, 0.2) is 16.6 Å². The summed E-state index contributed by atoms with van der Waals surface area (Å²) < 4.78 is 1.76. The Labute approximate surface area is 108 Å². The molecule has 2 aromatic rings. The van der Waals surface area contributed by atoms with E-state index in [2.05, 4.69) is 15.0 Å². The van der Waals surface area contributed by atoms with Gasteiger partial charge in [0.2, 0.25) is 5.95 Å². The molecule has 1 unspecified atom stereocenters. The van der Waals surface area contributed by atoms with Crippen molar-refractivity contribution in [1.82, 2.24) is 19.5 Å². The van der Waals surface area contributed by atoms with Crippen LogP contribution in [0.3, 0.4) is 0 Å². The Balaban J connectivity index is 2.14. The molecule has 1 aliphatic carbocycles. The number of rotatable bonds is 1. The lowest BCUT2D eigenvalue weighted by atomic mass is 9.94. The summed E-state index contributed by atoms with van der Waals surface area (Å²) in [5.74, 6) is 0.311. The molecular weight excluding hydrogens is 254 g/mol. The third-order valence-corrected chi connectivity index (χ3v) is 3.52. The molecule has 0 radical (unpaired) electrons. The summed E-state index contributed by atoms with van der Waals surface area (Å²) in [6.45, 7) is 0. The first kappa shape index (κ1) is 11.4. The van der Waals surface area contributed by atoms with Crippen molar-refractivity contribution in [2.45, 2.75) is 31.7 Å². The number of hydrogen-bond acceptors (Lipinski definition) is 5. The van der Waals surface area contributed by atoms with E-state index in [0.29, 0.717) is 17.6 Å². The van der Waals surface area contributed by atoms with E-state index in [0.717, 1.165) is 19.3 Å². The molecule has 94 valence electrons. The first-order chi connectivity index (χ1) is 8.66. The van der Waals surface area contributed by atoms with E-state index in [1.807, 2.05) is 0 Å². The molecular formula is C11H12ClN5O. The second-order valence-electron chi connectivity index (χ2n) is 4.42. The molecule has 0 bridgehead atoms. The van der Waals surface area contributed by atoms with Gasteiger partial charge in [0, 0.05) is 6.42 Å². The van der Waals surface area contributed by atoms with Crippen LogP contribution in [0.1, 0.15) is 31.7 Å². The summed E-state index contributed by atoms with van der Waals surface area (Å²) in [6, 6.07) is -0.200. The zero-order valence-corrected chi connectivity index (χ0v) is 10.4. The normalized spacial score (nSPS) is 20.5. The minimum absolute atomic E-state index is 0.0949. The second-order valence-corrected chi connectivity index (χ2v) is 4.78. The fourth-order valence-electron chi connectivity index (χ4n) is 2.38. The van der Waals surface area contributed by atoms with Gasteiger partial charge in [0.05, 0.1) is 12.4 Å². The van der Waals surface area contributed by atoms with Crippen LogP contribution in [0, 0.1) is 0 Å². The van der Waals surface area contributed by atoms with Crippen LogP contribution in [0.15, 0.2) is 6.33 Å². The number of fused-ring (bicyclic) bond motifs is 1. The Morgan fingerprint density at radius 2 is 2.22 bits per heavy atom. The molecule has 7 heteroatoms. The third kappa shape index (κ3) is 1.73. The Kier molecular flexibility index (Phi) is 2.66. The van der Waals surface area contributed by atoms with E-state index in [1.54, 1.807) is 10.9 Å². The first-order valence-electron chi connectivity index (χ1n) is 5.85. The van der Waals surface area contributed by atoms with Gasteiger partial charge in [-0.3, -0.25) is 4.79 Å². The highest BCUT2D eigenvalue weighted by Gasteiger charge is 2.26. The smallest absolute Gasteiger partial charge is 0.223 e. The number of nitrogens with zero attached hydrogens (tertiary/aromatic N) is 4. The minimum Gasteiger partial charge on any atom is -0.368 e. The lowest BCUT2D eigenvalue weighted by Gasteiger charge is -2.21. The Bertz CT molecular complexity index is 623. The standard InChI is InChI=1S/C11H12ClN5O/c12-9-8-10(16-11(13)15-9)17(5-14-8)6-3-1-2-4-7(6)18/h5-6H,1-4H2,(H2,13,15,16). The molecule has 18 heavy (non-hydrogen) atoms. The van der Waals surface area contributed by atoms with Gasteiger partial charge in [-0.05, 0) is 12.8 Å². The van der Waals surface area contributed by atoms with Crippen LogP contribution in [0.5, 0.6) is 0 Å². The van der Waals surface area contributed by atoms with Crippen molar-refractivity contribution in [3.8, 4) is 0 Å². The molecule has 0 amide bonds. The van der Waals surface area contributed by atoms with Gasteiger partial charge in [0.25, 0.3) is 0 Å². The summed E-state index contributed by atoms with van der Waals surface area (Å²) >= 11 is 5.96. The topological polar surface area (TPSA) is 86.7 Å². The molecule has 0 saturated heterocycles. The molecule has 1 aliphatic rings. The van der Waals surface area contributed by atoms with E-state index in [4.69, 9.17) is 17.3 Å². The van der Waals surface area contributed by atoms with Gasteiger partial charge < -0.3 is 10.3 Å². The number of nitrogen functional groups attached to an aromatic ring is 1. The molecule has 2 N–H and O–H groups in total. The van der Waals surface area contributed by atoms with Crippen molar-refractivity contribution in [3.05, 3.63) is 11.5 Å². The first-order valence-corrected chi connectivity index (χ1v) is 6.23. The van der Waals surface area contributed by atoms with E-state index in [1.165, 1.54) is 0 Å². The number of hydrogen-bond donors (Lipinski definition) is 1. The highest BCUT2D eigenvalue weighted by molar-refractivity contribution is 6.33. The lowest BCUT2D eigenvalue weighted by Crippen LogP contribution is -2.22. The monoisotopic (exact) mass is 265 g/mol. The minimum atomic E-state index is -0.200. The van der Waals surface area contributed by atoms with E-state index >= 15 is 0 Å². The molecule has 1 fully saturated rings. The maximum Gasteiger partial charge on any atom is 0.223 e. The van der Waals surface area contributed by atoms with Crippen molar-refractivity contribution in [2.75, 3.05) is 5.73 Å². The van der Waals surface area contributed by atoms with Crippen molar-refractivity contribution >= 4 is 34.5 Å². The zero-order chi connectivity index (χ0) is 12.7. The van der Waals surface area contributed by atoms with Crippen LogP contribution < -0.4 is 5.73 Å². The van der Waals surface area contributed by atoms with Crippen molar-refractivity contribution < 1.29 is 4.79 Å². The van der Waals surface area contributed by atoms with Gasteiger partial charge in [-0.25, -0.2) is 4.98 Å². The van der Waals surface area contributed by atoms with Crippen LogP contribution >= 0.6 is 11.6 Å². The van der Waals surface area contributed by atoms with Crippen molar-refractivity contribution in [2.24, 2.45) is 0 Å². The number of imidazole rings is 1. The fourth-order valence-corrected chi connectivity index (χ4v) is 2.60. The number of aromatic nitrogens is 4. The van der Waals surface area contributed by atoms with Crippen LogP contribution in [0.2, 0.25) is 5.15 Å². The summed E-state index contributed by atoms with van der Waals surface area (Å²) in [5.41, 5.74) is 6.61. The van der Waals surface area contributed by atoms with Crippen LogP contribution in [0.25, 0.3) is 11.2 Å². The largest absolute Gasteiger partial charge is 0.368 e. The number of ketones is 1. The predicted octanol–water partition coefficient (Wildman–Crippen LogP) is 1.75. The number of anilines is 1. The van der Waals surface area contributed by atoms with Gasteiger partial charge >= 0.3 is 0 Å². The Morgan fingerprint density at radius 1 is 1.39 bits per heavy atom. The second kappa shape index (κ2) is 4.20. The molecule has 0 spiro atoms. The predicted molar refractivity (Wildman–Crippen MR) is 67.3 cm³/mol. The van der Waals surface area contributed by atoms with E-state index in [9.17, 15) is 4.79 Å². The molecule has 0 aliphatic heterocycles. The van der Waals surface area contributed by atoms with Crippen LogP contribution in [-0.4, -0.2) is 25.3 Å². The Morgan fingerprint density at radius 3 is 3.00 bits per heavy atom. The summed E-state index contributed by atoms with van der Waals surface area (Å²) in [6.07, 6.45) is 5.01. The van der Waals surface area contributed by atoms with E-state index < -0.39 is 0 Å². The fraction of sp³-hybridized carbons (Fsp3) is 0.455. The van der Waals surface area contributed by atoms with Crippen molar-refractivity contribution in [3.63, 3.8) is 0 Å². The summed E-state index contributed by atoms with van der Waals surface area (Å²) in [5, 5.41) is 0.222.